The van der Waals surface area contributed by atoms with Gasteiger partial charge < -0.3 is 0 Å². The number of carbonyl (C=O) groups is 1. The fourth-order valence-electron chi connectivity index (χ4n) is 1.10. The Balaban J connectivity index is 2.17. The van der Waals surface area contributed by atoms with Crippen LogP contribution in [0.25, 0.3) is 0 Å². The van der Waals surface area contributed by atoms with Crippen LogP contribution in [0.4, 0.5) is 0 Å². The predicted molar refractivity (Wildman–Crippen MR) is 42.9 cm³/mol. The number of hydrogen-bond donors (Lipinski definition) is 0. The third-order valence-electron chi connectivity index (χ3n) is 2.04. The lowest BCUT2D eigenvalue weighted by molar-refractivity contribution is 0.0983. The van der Waals surface area contributed by atoms with Crippen LogP contribution in [0.5, 0.6) is 0 Å². The maximum atomic E-state index is 11.2. The smallest absolute Gasteiger partial charge is 0.184 e. The number of rotatable bonds is 3. The van der Waals surface area contributed by atoms with Gasteiger partial charge in [0.25, 0.3) is 0 Å². The zero-order valence-corrected chi connectivity index (χ0v) is 7.03. The molecule has 0 radical (unpaired) electrons. The van der Waals surface area contributed by atoms with Gasteiger partial charge in [0.2, 0.25) is 0 Å². The third kappa shape index (κ3) is 1.24. The van der Waals surface area contributed by atoms with Crippen molar-refractivity contribution in [1.29, 1.82) is 0 Å². The molecule has 0 amide bonds. The number of carbonyl (C=O) groups excluding carboxylic acids is 1. The molecule has 0 atom stereocenters. The first kappa shape index (κ1) is 7.46. The summed E-state index contributed by atoms with van der Waals surface area (Å²) in [6.07, 6.45) is 4.60. The van der Waals surface area contributed by atoms with Crippen molar-refractivity contribution in [1.82, 2.24) is 15.0 Å². The van der Waals surface area contributed by atoms with E-state index in [0.717, 1.165) is 0 Å². The van der Waals surface area contributed by atoms with Crippen LogP contribution in [-0.2, 0) is 0 Å². The summed E-state index contributed by atoms with van der Waals surface area (Å²) >= 11 is 0. The summed E-state index contributed by atoms with van der Waals surface area (Å²) < 4.78 is 1.79. The molecule has 12 heavy (non-hydrogen) atoms. The topological polar surface area (TPSA) is 47.8 Å². The first-order chi connectivity index (χ1) is 5.81. The van der Waals surface area contributed by atoms with E-state index in [1.165, 1.54) is 12.8 Å². The molecule has 0 aliphatic heterocycles. The normalized spacial score (nSPS) is 16.4. The first-order valence-corrected chi connectivity index (χ1v) is 4.26. The molecular formula is C8H11N3O. The second kappa shape index (κ2) is 2.69. The predicted octanol–water partition coefficient (Wildman–Crippen LogP) is 1.21. The molecule has 0 spiro atoms. The Kier molecular flexibility index (Phi) is 1.67. The summed E-state index contributed by atoms with van der Waals surface area (Å²) in [5.74, 6) is 0.0712. The molecule has 2 rings (SSSR count). The highest BCUT2D eigenvalue weighted by Crippen LogP contribution is 2.33. The Morgan fingerprint density at radius 1 is 1.75 bits per heavy atom. The van der Waals surface area contributed by atoms with Crippen molar-refractivity contribution >= 4 is 5.78 Å². The minimum Gasteiger partial charge on any atom is -0.292 e. The lowest BCUT2D eigenvalue weighted by atomic mass is 10.2. The summed E-state index contributed by atoms with van der Waals surface area (Å²) in [6.45, 7) is 1.83. The van der Waals surface area contributed by atoms with Crippen LogP contribution in [0.2, 0.25) is 0 Å². The molecule has 0 N–H and O–H groups in total. The van der Waals surface area contributed by atoms with Crippen molar-refractivity contribution in [3.05, 3.63) is 11.9 Å². The van der Waals surface area contributed by atoms with Gasteiger partial charge in [-0.15, -0.1) is 5.10 Å². The number of hydrogen-bond acceptors (Lipinski definition) is 3. The molecule has 0 saturated heterocycles. The van der Waals surface area contributed by atoms with E-state index >= 15 is 0 Å². The van der Waals surface area contributed by atoms with Crippen molar-refractivity contribution in [2.45, 2.75) is 32.2 Å². The van der Waals surface area contributed by atoms with Crippen LogP contribution in [0, 0.1) is 0 Å². The van der Waals surface area contributed by atoms with Crippen LogP contribution in [0.3, 0.4) is 0 Å². The van der Waals surface area contributed by atoms with E-state index in [-0.39, 0.29) is 5.78 Å². The molecule has 0 bridgehead atoms. The van der Waals surface area contributed by atoms with Gasteiger partial charge in [-0.05, 0) is 12.8 Å². The largest absolute Gasteiger partial charge is 0.292 e. The van der Waals surface area contributed by atoms with Gasteiger partial charge in [0.1, 0.15) is 5.69 Å². The summed E-state index contributed by atoms with van der Waals surface area (Å²) in [5, 5.41) is 7.70. The molecule has 1 heterocycles. The average molecular weight is 165 g/mol. The van der Waals surface area contributed by atoms with Crippen LogP contribution >= 0.6 is 0 Å². The molecule has 1 aliphatic rings. The molecule has 4 heteroatoms. The standard InChI is InChI=1S/C8H11N3O/c1-2-8(12)7-5-11(10-9-7)6-3-4-6/h5-6H,2-4H2,1H3. The monoisotopic (exact) mass is 165 g/mol. The summed E-state index contributed by atoms with van der Waals surface area (Å²) in [7, 11) is 0. The number of aromatic nitrogens is 3. The second-order valence-electron chi connectivity index (χ2n) is 3.09. The van der Waals surface area contributed by atoms with Gasteiger partial charge in [-0.25, -0.2) is 4.68 Å². The number of nitrogens with zero attached hydrogens (tertiary/aromatic N) is 3. The van der Waals surface area contributed by atoms with Gasteiger partial charge in [-0.3, -0.25) is 4.79 Å². The van der Waals surface area contributed by atoms with E-state index in [1.54, 1.807) is 10.9 Å². The SMILES string of the molecule is CCC(=O)c1cn(C2CC2)nn1. The van der Waals surface area contributed by atoms with E-state index in [9.17, 15) is 4.79 Å². The van der Waals surface area contributed by atoms with E-state index < -0.39 is 0 Å². The van der Waals surface area contributed by atoms with Crippen LogP contribution in [0.15, 0.2) is 6.20 Å². The maximum absolute atomic E-state index is 11.2. The first-order valence-electron chi connectivity index (χ1n) is 4.26. The van der Waals surface area contributed by atoms with Gasteiger partial charge in [-0.2, -0.15) is 0 Å². The number of ketones is 1. The molecule has 1 fully saturated rings. The number of Topliss-reactive ketones (excluding diaryl/α,β-unsaturated/α-hetero) is 1. The van der Waals surface area contributed by atoms with Gasteiger partial charge in [0.15, 0.2) is 5.78 Å². The molecule has 0 unspecified atom stereocenters. The van der Waals surface area contributed by atoms with Gasteiger partial charge >= 0.3 is 0 Å². The van der Waals surface area contributed by atoms with Crippen molar-refractivity contribution < 1.29 is 4.79 Å². The van der Waals surface area contributed by atoms with Crippen molar-refractivity contribution in [2.24, 2.45) is 0 Å². The molecule has 0 aromatic carbocycles. The molecule has 1 aromatic heterocycles. The highest BCUT2D eigenvalue weighted by Gasteiger charge is 2.25. The van der Waals surface area contributed by atoms with Crippen molar-refractivity contribution in [3.8, 4) is 0 Å². The summed E-state index contributed by atoms with van der Waals surface area (Å²) in [6, 6.07) is 0.510. The Hall–Kier alpha value is -1.19. The van der Waals surface area contributed by atoms with Crippen molar-refractivity contribution in [3.63, 3.8) is 0 Å². The Labute approximate surface area is 70.6 Å². The quantitative estimate of drug-likeness (QED) is 0.632. The minimum atomic E-state index is 0.0712. The van der Waals surface area contributed by atoms with Crippen LogP contribution < -0.4 is 0 Å². The zero-order valence-electron chi connectivity index (χ0n) is 7.03. The molecule has 1 saturated carbocycles. The highest BCUT2D eigenvalue weighted by molar-refractivity contribution is 5.93. The van der Waals surface area contributed by atoms with Crippen LogP contribution in [-0.4, -0.2) is 20.8 Å². The minimum absolute atomic E-state index is 0.0712. The third-order valence-corrected chi connectivity index (χ3v) is 2.04. The summed E-state index contributed by atoms with van der Waals surface area (Å²) in [4.78, 5) is 11.2. The van der Waals surface area contributed by atoms with E-state index in [0.29, 0.717) is 18.2 Å². The molecule has 4 nitrogen and oxygen atoms in total. The highest BCUT2D eigenvalue weighted by atomic mass is 16.1. The van der Waals surface area contributed by atoms with Gasteiger partial charge in [-0.1, -0.05) is 12.1 Å². The fourth-order valence-corrected chi connectivity index (χ4v) is 1.10. The van der Waals surface area contributed by atoms with E-state index in [1.807, 2.05) is 6.92 Å². The summed E-state index contributed by atoms with van der Waals surface area (Å²) in [5.41, 5.74) is 0.504. The lowest BCUT2D eigenvalue weighted by Crippen LogP contribution is -1.96. The lowest BCUT2D eigenvalue weighted by Gasteiger charge is -1.90. The average Bonchev–Trinajstić information content (AvgIpc) is 2.83. The Morgan fingerprint density at radius 3 is 3.08 bits per heavy atom. The second-order valence-corrected chi connectivity index (χ2v) is 3.09. The van der Waals surface area contributed by atoms with E-state index in [2.05, 4.69) is 10.3 Å². The van der Waals surface area contributed by atoms with Crippen molar-refractivity contribution in [2.75, 3.05) is 0 Å². The molecule has 1 aromatic rings. The van der Waals surface area contributed by atoms with Gasteiger partial charge in [0, 0.05) is 6.42 Å². The molecular weight excluding hydrogens is 154 g/mol. The Bertz CT molecular complexity index is 301. The van der Waals surface area contributed by atoms with Gasteiger partial charge in [0.05, 0.1) is 12.2 Å². The van der Waals surface area contributed by atoms with E-state index in [4.69, 9.17) is 0 Å². The Morgan fingerprint density at radius 2 is 2.50 bits per heavy atom. The maximum Gasteiger partial charge on any atom is 0.184 e. The molecule has 64 valence electrons. The fraction of sp³-hybridized carbons (Fsp3) is 0.625. The molecule has 1 aliphatic carbocycles. The van der Waals surface area contributed by atoms with Crippen LogP contribution in [0.1, 0.15) is 42.7 Å². The zero-order chi connectivity index (χ0) is 8.55.